The van der Waals surface area contributed by atoms with Crippen LogP contribution in [0.25, 0.3) is 0 Å². The highest BCUT2D eigenvalue weighted by molar-refractivity contribution is 7.99. The third kappa shape index (κ3) is 6.84. The number of halogens is 1. The van der Waals surface area contributed by atoms with Crippen LogP contribution < -0.4 is 0 Å². The molecule has 0 heterocycles. The number of benzene rings is 1. The Morgan fingerprint density at radius 3 is 2.71 bits per heavy atom. The van der Waals surface area contributed by atoms with Gasteiger partial charge in [0, 0.05) is 30.7 Å². The van der Waals surface area contributed by atoms with E-state index in [1.165, 1.54) is 23.8 Å². The summed E-state index contributed by atoms with van der Waals surface area (Å²) < 4.78 is 4.88. The number of hydrogen-bond donors (Lipinski definition) is 1. The first-order chi connectivity index (χ1) is 10.0. The fourth-order valence-corrected chi connectivity index (χ4v) is 2.80. The van der Waals surface area contributed by atoms with E-state index in [9.17, 15) is 9.59 Å². The molecule has 1 amide bonds. The lowest BCUT2D eigenvalue weighted by Gasteiger charge is -2.20. The van der Waals surface area contributed by atoms with E-state index in [1.54, 1.807) is 6.07 Å². The Morgan fingerprint density at radius 1 is 1.38 bits per heavy atom. The molecule has 0 aliphatic rings. The Hall–Kier alpha value is -1.24. The Bertz CT molecular complexity index is 484. The van der Waals surface area contributed by atoms with Crippen molar-refractivity contribution < 1.29 is 19.4 Å². The Kier molecular flexibility index (Phi) is 8.19. The van der Waals surface area contributed by atoms with Gasteiger partial charge in [-0.05, 0) is 12.1 Å². The van der Waals surface area contributed by atoms with Crippen molar-refractivity contribution in [2.45, 2.75) is 11.3 Å². The van der Waals surface area contributed by atoms with Gasteiger partial charge in [-0.25, -0.2) is 0 Å². The number of methoxy groups -OCH3 is 1. The summed E-state index contributed by atoms with van der Waals surface area (Å²) in [5.74, 6) is -0.682. The molecule has 0 saturated carbocycles. The van der Waals surface area contributed by atoms with Crippen molar-refractivity contribution >= 4 is 35.2 Å². The minimum absolute atomic E-state index is 0.200. The molecule has 0 aliphatic carbocycles. The standard InChI is InChI=1S/C14H18ClNO4S/c1-20-8-7-16(10-14(18)19)13(17)6-9-21-12-5-3-2-4-11(12)15/h2-5H,6-10H2,1H3,(H,18,19). The molecule has 0 bridgehead atoms. The first-order valence-electron chi connectivity index (χ1n) is 6.40. The molecule has 1 aromatic rings. The number of aliphatic carboxylic acids is 1. The maximum absolute atomic E-state index is 12.0. The number of carboxylic acids is 1. The smallest absolute Gasteiger partial charge is 0.323 e. The molecule has 1 aromatic carbocycles. The second-order valence-electron chi connectivity index (χ2n) is 4.23. The van der Waals surface area contributed by atoms with Crippen molar-refractivity contribution in [3.63, 3.8) is 0 Å². The van der Waals surface area contributed by atoms with E-state index in [-0.39, 0.29) is 25.4 Å². The van der Waals surface area contributed by atoms with E-state index in [4.69, 9.17) is 21.4 Å². The number of ether oxygens (including phenoxy) is 1. The van der Waals surface area contributed by atoms with Crippen LogP contribution in [0.5, 0.6) is 0 Å². The summed E-state index contributed by atoms with van der Waals surface area (Å²) in [6, 6.07) is 7.40. The minimum Gasteiger partial charge on any atom is -0.480 e. The monoisotopic (exact) mass is 331 g/mol. The highest BCUT2D eigenvalue weighted by Gasteiger charge is 2.16. The molecule has 1 N–H and O–H groups in total. The number of amides is 1. The van der Waals surface area contributed by atoms with E-state index >= 15 is 0 Å². The third-order valence-electron chi connectivity index (χ3n) is 2.65. The van der Waals surface area contributed by atoms with E-state index in [0.717, 1.165) is 4.90 Å². The number of hydrogen-bond acceptors (Lipinski definition) is 4. The number of nitrogens with zero attached hydrogens (tertiary/aromatic N) is 1. The fraction of sp³-hybridized carbons (Fsp3) is 0.429. The number of rotatable bonds is 9. The summed E-state index contributed by atoms with van der Waals surface area (Å²) in [6.07, 6.45) is 0.257. The van der Waals surface area contributed by atoms with E-state index < -0.39 is 5.97 Å². The summed E-state index contributed by atoms with van der Waals surface area (Å²) in [7, 11) is 1.51. The van der Waals surface area contributed by atoms with Crippen molar-refractivity contribution in [1.82, 2.24) is 4.90 Å². The number of carbonyl (C=O) groups is 2. The lowest BCUT2D eigenvalue weighted by Crippen LogP contribution is -2.38. The Balaban J connectivity index is 2.45. The van der Waals surface area contributed by atoms with Crippen LogP contribution in [-0.2, 0) is 14.3 Å². The lowest BCUT2D eigenvalue weighted by molar-refractivity contribution is -0.144. The topological polar surface area (TPSA) is 66.8 Å². The Labute approximate surface area is 133 Å². The largest absolute Gasteiger partial charge is 0.480 e. The van der Waals surface area contributed by atoms with Crippen LogP contribution in [0.4, 0.5) is 0 Å². The van der Waals surface area contributed by atoms with Gasteiger partial charge < -0.3 is 14.7 Å². The van der Waals surface area contributed by atoms with Crippen LogP contribution in [0.3, 0.4) is 0 Å². The second-order valence-corrected chi connectivity index (χ2v) is 5.77. The van der Waals surface area contributed by atoms with E-state index in [1.807, 2.05) is 18.2 Å². The van der Waals surface area contributed by atoms with E-state index in [0.29, 0.717) is 17.4 Å². The Morgan fingerprint density at radius 2 is 2.10 bits per heavy atom. The van der Waals surface area contributed by atoms with Gasteiger partial charge in [-0.15, -0.1) is 11.8 Å². The molecule has 0 aliphatic heterocycles. The normalized spacial score (nSPS) is 10.4. The van der Waals surface area contributed by atoms with Gasteiger partial charge in [0.25, 0.3) is 0 Å². The van der Waals surface area contributed by atoms with Crippen LogP contribution in [0.2, 0.25) is 5.02 Å². The van der Waals surface area contributed by atoms with Gasteiger partial charge in [-0.1, -0.05) is 23.7 Å². The van der Waals surface area contributed by atoms with Crippen molar-refractivity contribution in [3.8, 4) is 0 Å². The molecule has 0 spiro atoms. The summed E-state index contributed by atoms with van der Waals surface area (Å²) in [5.41, 5.74) is 0. The zero-order chi connectivity index (χ0) is 15.7. The SMILES string of the molecule is COCCN(CC(=O)O)C(=O)CCSc1ccccc1Cl. The van der Waals surface area contributed by atoms with Crippen LogP contribution >= 0.6 is 23.4 Å². The summed E-state index contributed by atoms with van der Waals surface area (Å²) in [4.78, 5) is 25.0. The van der Waals surface area contributed by atoms with Crippen molar-refractivity contribution in [1.29, 1.82) is 0 Å². The summed E-state index contributed by atoms with van der Waals surface area (Å²) in [6.45, 7) is 0.286. The molecule has 116 valence electrons. The van der Waals surface area contributed by atoms with Crippen LogP contribution in [0, 0.1) is 0 Å². The van der Waals surface area contributed by atoms with Crippen LogP contribution in [0.1, 0.15) is 6.42 Å². The zero-order valence-electron chi connectivity index (χ0n) is 11.8. The zero-order valence-corrected chi connectivity index (χ0v) is 13.3. The summed E-state index contributed by atoms with van der Waals surface area (Å²) in [5, 5.41) is 9.46. The van der Waals surface area contributed by atoms with Gasteiger partial charge in [-0.2, -0.15) is 0 Å². The molecular formula is C14H18ClNO4S. The minimum atomic E-state index is -1.03. The molecule has 0 radical (unpaired) electrons. The van der Waals surface area contributed by atoms with Gasteiger partial charge in [0.2, 0.25) is 5.91 Å². The molecule has 5 nitrogen and oxygen atoms in total. The summed E-state index contributed by atoms with van der Waals surface area (Å²) >= 11 is 7.51. The molecular weight excluding hydrogens is 314 g/mol. The number of carboxylic acid groups (broad SMARTS) is 1. The average molecular weight is 332 g/mol. The predicted molar refractivity (Wildman–Crippen MR) is 82.9 cm³/mol. The molecule has 0 unspecified atom stereocenters. The first kappa shape index (κ1) is 17.8. The molecule has 21 heavy (non-hydrogen) atoms. The maximum Gasteiger partial charge on any atom is 0.323 e. The van der Waals surface area contributed by atoms with Crippen molar-refractivity contribution in [2.24, 2.45) is 0 Å². The lowest BCUT2D eigenvalue weighted by atomic mass is 10.3. The van der Waals surface area contributed by atoms with Gasteiger partial charge in [0.15, 0.2) is 0 Å². The van der Waals surface area contributed by atoms with Crippen molar-refractivity contribution in [3.05, 3.63) is 29.3 Å². The molecule has 0 aromatic heterocycles. The highest BCUT2D eigenvalue weighted by atomic mass is 35.5. The highest BCUT2D eigenvalue weighted by Crippen LogP contribution is 2.27. The fourth-order valence-electron chi connectivity index (χ4n) is 1.62. The molecule has 7 heteroatoms. The van der Waals surface area contributed by atoms with E-state index in [2.05, 4.69) is 0 Å². The van der Waals surface area contributed by atoms with Gasteiger partial charge in [-0.3, -0.25) is 9.59 Å². The third-order valence-corrected chi connectivity index (χ3v) is 4.17. The first-order valence-corrected chi connectivity index (χ1v) is 7.76. The van der Waals surface area contributed by atoms with Gasteiger partial charge >= 0.3 is 5.97 Å². The number of carbonyl (C=O) groups excluding carboxylic acids is 1. The van der Waals surface area contributed by atoms with Crippen LogP contribution in [0.15, 0.2) is 29.2 Å². The molecule has 1 rings (SSSR count). The van der Waals surface area contributed by atoms with Gasteiger partial charge in [0.1, 0.15) is 6.54 Å². The molecule has 0 fully saturated rings. The van der Waals surface area contributed by atoms with Crippen LogP contribution in [-0.4, -0.2) is 54.4 Å². The predicted octanol–water partition coefficient (Wildman–Crippen LogP) is 2.38. The van der Waals surface area contributed by atoms with Crippen molar-refractivity contribution in [2.75, 3.05) is 32.6 Å². The van der Waals surface area contributed by atoms with Gasteiger partial charge in [0.05, 0.1) is 11.6 Å². The molecule has 0 atom stereocenters. The molecule has 0 saturated heterocycles. The average Bonchev–Trinajstić information content (AvgIpc) is 2.45. The second kappa shape index (κ2) is 9.65. The quantitative estimate of drug-likeness (QED) is 0.704. The maximum atomic E-state index is 12.0. The number of thioether (sulfide) groups is 1.